The van der Waals surface area contributed by atoms with Crippen molar-refractivity contribution < 1.29 is 5.11 Å². The normalized spacial score (nSPS) is 24.6. The van der Waals surface area contributed by atoms with Crippen LogP contribution in [0.5, 0.6) is 0 Å². The molecule has 3 nitrogen and oxygen atoms in total. The molecule has 108 valence electrons. The smallest absolute Gasteiger partial charge is 0.193 e. The van der Waals surface area contributed by atoms with Crippen molar-refractivity contribution in [1.29, 1.82) is 0 Å². The van der Waals surface area contributed by atoms with E-state index in [4.69, 9.17) is 0 Å². The Morgan fingerprint density at radius 1 is 1.15 bits per heavy atom. The summed E-state index contributed by atoms with van der Waals surface area (Å²) >= 11 is 1.65. The van der Waals surface area contributed by atoms with Gasteiger partial charge in [0.25, 0.3) is 0 Å². The van der Waals surface area contributed by atoms with E-state index in [1.54, 1.807) is 11.3 Å². The minimum absolute atomic E-state index is 0.516. The highest BCUT2D eigenvalue weighted by atomic mass is 32.1. The van der Waals surface area contributed by atoms with Gasteiger partial charge in [-0.3, -0.25) is 4.40 Å². The van der Waals surface area contributed by atoms with Gasteiger partial charge in [-0.25, -0.2) is 4.98 Å². The molecule has 0 aromatic carbocycles. The van der Waals surface area contributed by atoms with E-state index < -0.39 is 5.60 Å². The molecule has 2 aromatic rings. The number of hydrogen-bond donors (Lipinski definition) is 1. The summed E-state index contributed by atoms with van der Waals surface area (Å²) in [6, 6.07) is 0. The Hall–Kier alpha value is -0.870. The van der Waals surface area contributed by atoms with E-state index >= 15 is 0 Å². The molecule has 2 aliphatic rings. The molecule has 0 amide bonds. The van der Waals surface area contributed by atoms with Gasteiger partial charge in [0.1, 0.15) is 0 Å². The Labute approximate surface area is 123 Å². The predicted octanol–water partition coefficient (Wildman–Crippen LogP) is 3.80. The predicted molar refractivity (Wildman–Crippen MR) is 81.1 cm³/mol. The van der Waals surface area contributed by atoms with Gasteiger partial charge in [0.05, 0.1) is 11.3 Å². The second kappa shape index (κ2) is 4.57. The summed E-state index contributed by atoms with van der Waals surface area (Å²) in [7, 11) is 0. The van der Waals surface area contributed by atoms with Gasteiger partial charge in [0.15, 0.2) is 4.96 Å². The molecule has 0 bridgehead atoms. The van der Waals surface area contributed by atoms with Crippen LogP contribution in [0.1, 0.15) is 57.1 Å². The Morgan fingerprint density at radius 3 is 2.60 bits per heavy atom. The second-order valence-corrected chi connectivity index (χ2v) is 7.81. The van der Waals surface area contributed by atoms with Crippen molar-refractivity contribution in [2.75, 3.05) is 0 Å². The standard InChI is InChI=1S/C16H22N2OS/c19-16(7-5-15(6-8-16)3-1-2-4-15)11-13-12-18-9-10-20-14(18)17-13/h9-10,12,19H,1-8,11H2. The summed E-state index contributed by atoms with van der Waals surface area (Å²) in [4.78, 5) is 5.66. The average molecular weight is 290 g/mol. The molecule has 0 saturated heterocycles. The van der Waals surface area contributed by atoms with Crippen LogP contribution in [0.4, 0.5) is 0 Å². The average Bonchev–Trinajstić information content (AvgIpc) is 3.10. The Kier molecular flexibility index (Phi) is 2.93. The summed E-state index contributed by atoms with van der Waals surface area (Å²) in [6.45, 7) is 0. The van der Waals surface area contributed by atoms with E-state index in [1.165, 1.54) is 38.5 Å². The van der Waals surface area contributed by atoms with Crippen LogP contribution in [0.15, 0.2) is 17.8 Å². The van der Waals surface area contributed by atoms with Gasteiger partial charge in [-0.05, 0) is 43.9 Å². The molecule has 0 radical (unpaired) electrons. The van der Waals surface area contributed by atoms with Gasteiger partial charge in [0.2, 0.25) is 0 Å². The zero-order valence-corrected chi connectivity index (χ0v) is 12.7. The van der Waals surface area contributed by atoms with Crippen molar-refractivity contribution in [2.45, 2.75) is 63.4 Å². The first-order valence-corrected chi connectivity index (χ1v) is 8.68. The van der Waals surface area contributed by atoms with Crippen LogP contribution in [-0.2, 0) is 6.42 Å². The zero-order valence-electron chi connectivity index (χ0n) is 11.8. The van der Waals surface area contributed by atoms with Crippen LogP contribution in [0.25, 0.3) is 4.96 Å². The first kappa shape index (κ1) is 12.8. The minimum Gasteiger partial charge on any atom is -0.389 e. The molecular weight excluding hydrogens is 268 g/mol. The quantitative estimate of drug-likeness (QED) is 0.913. The van der Waals surface area contributed by atoms with Gasteiger partial charge < -0.3 is 5.11 Å². The monoisotopic (exact) mass is 290 g/mol. The Balaban J connectivity index is 1.47. The molecule has 0 aliphatic heterocycles. The molecule has 2 aromatic heterocycles. The molecule has 4 rings (SSSR count). The van der Waals surface area contributed by atoms with Gasteiger partial charge >= 0.3 is 0 Å². The number of aliphatic hydroxyl groups is 1. The number of aromatic nitrogens is 2. The van der Waals surface area contributed by atoms with E-state index in [9.17, 15) is 5.11 Å². The summed E-state index contributed by atoms with van der Waals surface area (Å²) < 4.78 is 2.06. The molecule has 2 heterocycles. The van der Waals surface area contributed by atoms with Crippen LogP contribution in [0.2, 0.25) is 0 Å². The Bertz CT molecular complexity index is 570. The van der Waals surface area contributed by atoms with Crippen molar-refractivity contribution in [1.82, 2.24) is 9.38 Å². The third-order valence-electron chi connectivity index (χ3n) is 5.56. The largest absolute Gasteiger partial charge is 0.389 e. The maximum Gasteiger partial charge on any atom is 0.193 e. The van der Waals surface area contributed by atoms with E-state index in [0.717, 1.165) is 29.9 Å². The summed E-state index contributed by atoms with van der Waals surface area (Å²) in [5.41, 5.74) is 1.11. The molecule has 4 heteroatoms. The minimum atomic E-state index is -0.516. The van der Waals surface area contributed by atoms with Crippen LogP contribution in [-0.4, -0.2) is 20.1 Å². The zero-order chi connectivity index (χ0) is 13.6. The SMILES string of the molecule is OC1(Cc2cn3ccsc3n2)CCC2(CCCC2)CC1. The topological polar surface area (TPSA) is 37.5 Å². The summed E-state index contributed by atoms with van der Waals surface area (Å²) in [5, 5.41) is 12.9. The lowest BCUT2D eigenvalue weighted by molar-refractivity contribution is -0.0327. The molecule has 2 aliphatic carbocycles. The van der Waals surface area contributed by atoms with Crippen molar-refractivity contribution in [3.8, 4) is 0 Å². The molecule has 20 heavy (non-hydrogen) atoms. The van der Waals surface area contributed by atoms with E-state index in [2.05, 4.69) is 15.6 Å². The van der Waals surface area contributed by atoms with Crippen LogP contribution < -0.4 is 0 Å². The van der Waals surface area contributed by atoms with E-state index in [1.807, 2.05) is 11.6 Å². The molecule has 2 fully saturated rings. The van der Waals surface area contributed by atoms with Gasteiger partial charge in [-0.1, -0.05) is 12.8 Å². The highest BCUT2D eigenvalue weighted by Crippen LogP contribution is 2.51. The van der Waals surface area contributed by atoms with Crippen molar-refractivity contribution in [3.63, 3.8) is 0 Å². The molecule has 1 N–H and O–H groups in total. The fourth-order valence-electron chi connectivity index (χ4n) is 4.25. The highest BCUT2D eigenvalue weighted by molar-refractivity contribution is 7.15. The summed E-state index contributed by atoms with van der Waals surface area (Å²) in [5.74, 6) is 0. The van der Waals surface area contributed by atoms with Gasteiger partial charge in [-0.15, -0.1) is 11.3 Å². The number of nitrogens with zero attached hydrogens (tertiary/aromatic N) is 2. The highest BCUT2D eigenvalue weighted by Gasteiger charge is 2.43. The molecule has 0 unspecified atom stereocenters. The maximum atomic E-state index is 10.9. The first-order chi connectivity index (χ1) is 9.67. The maximum absolute atomic E-state index is 10.9. The number of hydrogen-bond acceptors (Lipinski definition) is 3. The summed E-state index contributed by atoms with van der Waals surface area (Å²) in [6.07, 6.45) is 14.8. The van der Waals surface area contributed by atoms with Crippen molar-refractivity contribution in [2.24, 2.45) is 5.41 Å². The molecule has 2 saturated carbocycles. The first-order valence-electron chi connectivity index (χ1n) is 7.80. The van der Waals surface area contributed by atoms with E-state index in [0.29, 0.717) is 5.41 Å². The third-order valence-corrected chi connectivity index (χ3v) is 6.33. The third kappa shape index (κ3) is 2.19. The van der Waals surface area contributed by atoms with Gasteiger partial charge in [0, 0.05) is 24.2 Å². The number of thiazole rings is 1. The van der Waals surface area contributed by atoms with Crippen LogP contribution in [0, 0.1) is 5.41 Å². The van der Waals surface area contributed by atoms with Crippen molar-refractivity contribution in [3.05, 3.63) is 23.5 Å². The second-order valence-electron chi connectivity index (χ2n) is 6.93. The number of rotatable bonds is 2. The molecule has 0 atom stereocenters. The molecular formula is C16H22N2OS. The van der Waals surface area contributed by atoms with Gasteiger partial charge in [-0.2, -0.15) is 0 Å². The fourth-order valence-corrected chi connectivity index (χ4v) is 4.96. The lowest BCUT2D eigenvalue weighted by Gasteiger charge is -2.42. The van der Waals surface area contributed by atoms with Crippen LogP contribution >= 0.6 is 11.3 Å². The number of imidazole rings is 1. The molecule has 1 spiro atoms. The fraction of sp³-hybridized carbons (Fsp3) is 0.688. The lowest BCUT2D eigenvalue weighted by atomic mass is 9.67. The Morgan fingerprint density at radius 2 is 1.90 bits per heavy atom. The van der Waals surface area contributed by atoms with E-state index in [-0.39, 0.29) is 0 Å². The number of fused-ring (bicyclic) bond motifs is 1. The lowest BCUT2D eigenvalue weighted by Crippen LogP contribution is -2.39. The van der Waals surface area contributed by atoms with Crippen molar-refractivity contribution >= 4 is 16.3 Å². The van der Waals surface area contributed by atoms with Crippen LogP contribution in [0.3, 0.4) is 0 Å².